The van der Waals surface area contributed by atoms with Gasteiger partial charge in [-0.25, -0.2) is 4.79 Å². The summed E-state index contributed by atoms with van der Waals surface area (Å²) in [7, 11) is 0. The lowest BCUT2D eigenvalue weighted by Crippen LogP contribution is -2.56. The van der Waals surface area contributed by atoms with Gasteiger partial charge < -0.3 is 14.7 Å². The molecule has 0 aromatic heterocycles. The molecule has 1 saturated heterocycles. The number of hydrogen-bond acceptors (Lipinski definition) is 5. The van der Waals surface area contributed by atoms with Gasteiger partial charge in [0.25, 0.3) is 5.91 Å². The fourth-order valence-corrected chi connectivity index (χ4v) is 5.62. The highest BCUT2D eigenvalue weighted by atomic mass is 16.5. The fraction of sp³-hybridized carbons (Fsp3) is 0.394. The summed E-state index contributed by atoms with van der Waals surface area (Å²) in [4.78, 5) is 30.9. The number of rotatable bonds is 11. The molecule has 0 saturated carbocycles. The summed E-state index contributed by atoms with van der Waals surface area (Å²) in [5.41, 5.74) is 4.10. The van der Waals surface area contributed by atoms with Crippen LogP contribution in [0.3, 0.4) is 0 Å². The molecule has 7 nitrogen and oxygen atoms in total. The average Bonchev–Trinajstić information content (AvgIpc) is 2.96. The average molecular weight is 544 g/mol. The first kappa shape index (κ1) is 29.3. The van der Waals surface area contributed by atoms with Gasteiger partial charge in [-0.3, -0.25) is 14.6 Å². The molecule has 1 N–H and O–H groups in total. The first-order valence-corrected chi connectivity index (χ1v) is 14.2. The van der Waals surface area contributed by atoms with E-state index in [-0.39, 0.29) is 24.6 Å². The van der Waals surface area contributed by atoms with Crippen molar-refractivity contribution in [2.45, 2.75) is 52.4 Å². The first-order valence-electron chi connectivity index (χ1n) is 14.2. The molecular formula is C33H41N3O4. The zero-order valence-electron chi connectivity index (χ0n) is 24.0. The maximum Gasteiger partial charge on any atom is 0.341 e. The van der Waals surface area contributed by atoms with Crippen LogP contribution in [0, 0.1) is 0 Å². The van der Waals surface area contributed by atoms with E-state index in [2.05, 4.69) is 66.1 Å². The molecule has 40 heavy (non-hydrogen) atoms. The van der Waals surface area contributed by atoms with Gasteiger partial charge in [0.2, 0.25) is 0 Å². The molecule has 4 rings (SSSR count). The van der Waals surface area contributed by atoms with Crippen LogP contribution in [-0.2, 0) is 11.3 Å². The number of aliphatic carboxylic acids is 1. The first-order chi connectivity index (χ1) is 19.3. The number of carboxylic acid groups (broad SMARTS) is 1. The van der Waals surface area contributed by atoms with Crippen LogP contribution in [0.15, 0.2) is 78.9 Å². The Hall–Kier alpha value is -3.68. The quantitative estimate of drug-likeness (QED) is 0.353. The third-order valence-electron chi connectivity index (χ3n) is 7.78. The number of carboxylic acids is 1. The van der Waals surface area contributed by atoms with Crippen LogP contribution in [0.2, 0.25) is 0 Å². The number of benzene rings is 3. The molecule has 0 bridgehead atoms. The number of piperazine rings is 1. The minimum absolute atomic E-state index is 0.0358. The van der Waals surface area contributed by atoms with E-state index >= 15 is 0 Å². The standard InChI is InChI=1S/C33H41N3O4/c1-5-34(6-2)33(39)28-17-15-27(16-18-28)32(29-13-10-14-30(19-29)40-23-31(37)38)36-21-24(3)35(20-25(36)4)22-26-11-8-7-9-12-26/h7-19,24-25,32H,5-6,20-23H2,1-4H3,(H,37,38)/t24-,25+,32?/m1/s1. The van der Waals surface area contributed by atoms with Crippen molar-refractivity contribution in [2.75, 3.05) is 32.8 Å². The molecule has 1 unspecified atom stereocenters. The van der Waals surface area contributed by atoms with Gasteiger partial charge in [0, 0.05) is 50.4 Å². The minimum atomic E-state index is -1.01. The van der Waals surface area contributed by atoms with Gasteiger partial charge in [-0.2, -0.15) is 0 Å². The third-order valence-corrected chi connectivity index (χ3v) is 7.78. The summed E-state index contributed by atoms with van der Waals surface area (Å²) in [6.45, 7) is 12.2. The van der Waals surface area contributed by atoms with Crippen molar-refractivity contribution in [3.63, 3.8) is 0 Å². The normalized spacial score (nSPS) is 18.7. The highest BCUT2D eigenvalue weighted by molar-refractivity contribution is 5.94. The third kappa shape index (κ3) is 7.09. The van der Waals surface area contributed by atoms with Gasteiger partial charge in [-0.15, -0.1) is 0 Å². The zero-order chi connectivity index (χ0) is 28.6. The van der Waals surface area contributed by atoms with Gasteiger partial charge in [0.15, 0.2) is 6.61 Å². The van der Waals surface area contributed by atoms with Gasteiger partial charge in [-0.05, 0) is 68.7 Å². The summed E-state index contributed by atoms with van der Waals surface area (Å²) >= 11 is 0. The Morgan fingerprint density at radius 1 is 0.900 bits per heavy atom. The number of carbonyl (C=O) groups excluding carboxylic acids is 1. The largest absolute Gasteiger partial charge is 0.482 e. The van der Waals surface area contributed by atoms with Crippen molar-refractivity contribution >= 4 is 11.9 Å². The Kier molecular flexibility index (Phi) is 9.96. The number of carbonyl (C=O) groups is 2. The van der Waals surface area contributed by atoms with Gasteiger partial charge >= 0.3 is 5.97 Å². The summed E-state index contributed by atoms with van der Waals surface area (Å²) in [6.07, 6.45) is 0. The van der Waals surface area contributed by atoms with Crippen LogP contribution in [0.1, 0.15) is 60.8 Å². The van der Waals surface area contributed by atoms with Crippen molar-refractivity contribution in [3.8, 4) is 5.75 Å². The second-order valence-corrected chi connectivity index (χ2v) is 10.6. The smallest absolute Gasteiger partial charge is 0.341 e. The molecule has 1 aliphatic heterocycles. The molecule has 0 radical (unpaired) electrons. The maximum atomic E-state index is 13.0. The van der Waals surface area contributed by atoms with E-state index in [4.69, 9.17) is 9.84 Å². The number of amides is 1. The van der Waals surface area contributed by atoms with Gasteiger partial charge in [0.05, 0.1) is 6.04 Å². The van der Waals surface area contributed by atoms with Crippen LogP contribution in [-0.4, -0.2) is 76.6 Å². The number of nitrogens with zero attached hydrogens (tertiary/aromatic N) is 3. The lowest BCUT2D eigenvalue weighted by Gasteiger charge is -2.47. The van der Waals surface area contributed by atoms with Crippen LogP contribution in [0.5, 0.6) is 5.75 Å². The van der Waals surface area contributed by atoms with Crippen molar-refractivity contribution in [1.29, 1.82) is 0 Å². The van der Waals surface area contributed by atoms with Crippen LogP contribution >= 0.6 is 0 Å². The lowest BCUT2D eigenvalue weighted by molar-refractivity contribution is -0.139. The monoisotopic (exact) mass is 543 g/mol. The molecule has 212 valence electrons. The van der Waals surface area contributed by atoms with E-state index in [9.17, 15) is 9.59 Å². The Morgan fingerprint density at radius 2 is 1.60 bits per heavy atom. The Morgan fingerprint density at radius 3 is 2.25 bits per heavy atom. The Bertz CT molecular complexity index is 1260. The van der Waals surface area contributed by atoms with Crippen LogP contribution < -0.4 is 4.74 Å². The summed E-state index contributed by atoms with van der Waals surface area (Å²) in [5, 5.41) is 9.11. The van der Waals surface area contributed by atoms with Gasteiger partial charge in [0.1, 0.15) is 5.75 Å². The molecule has 3 aromatic carbocycles. The zero-order valence-corrected chi connectivity index (χ0v) is 24.0. The number of hydrogen-bond donors (Lipinski definition) is 1. The van der Waals surface area contributed by atoms with E-state index in [1.807, 2.05) is 49.1 Å². The van der Waals surface area contributed by atoms with E-state index < -0.39 is 5.97 Å². The second-order valence-electron chi connectivity index (χ2n) is 10.6. The van der Waals surface area contributed by atoms with Crippen molar-refractivity contribution in [1.82, 2.24) is 14.7 Å². The van der Waals surface area contributed by atoms with E-state index in [0.717, 1.165) is 30.8 Å². The predicted molar refractivity (Wildman–Crippen MR) is 158 cm³/mol. The Balaban J connectivity index is 1.65. The van der Waals surface area contributed by atoms with Crippen LogP contribution in [0.4, 0.5) is 0 Å². The summed E-state index contributed by atoms with van der Waals surface area (Å²) < 4.78 is 5.54. The topological polar surface area (TPSA) is 73.3 Å². The van der Waals surface area contributed by atoms with Gasteiger partial charge in [-0.1, -0.05) is 54.6 Å². The van der Waals surface area contributed by atoms with Crippen molar-refractivity contribution in [3.05, 3.63) is 101 Å². The molecule has 1 heterocycles. The second kappa shape index (κ2) is 13.6. The molecule has 0 spiro atoms. The molecule has 7 heteroatoms. The molecule has 0 aliphatic carbocycles. The molecule has 1 aliphatic rings. The van der Waals surface area contributed by atoms with Crippen molar-refractivity contribution < 1.29 is 19.4 Å². The predicted octanol–water partition coefficient (Wildman–Crippen LogP) is 5.32. The molecular weight excluding hydrogens is 502 g/mol. The van der Waals surface area contributed by atoms with E-state index in [0.29, 0.717) is 30.4 Å². The highest BCUT2D eigenvalue weighted by Gasteiger charge is 2.35. The van der Waals surface area contributed by atoms with E-state index in [1.54, 1.807) is 6.07 Å². The molecule has 1 fully saturated rings. The number of ether oxygens (including phenoxy) is 1. The summed E-state index contributed by atoms with van der Waals surface area (Å²) in [6, 6.07) is 26.8. The Labute approximate surface area is 238 Å². The van der Waals surface area contributed by atoms with Crippen molar-refractivity contribution in [2.24, 2.45) is 0 Å². The fourth-order valence-electron chi connectivity index (χ4n) is 5.62. The van der Waals surface area contributed by atoms with E-state index in [1.165, 1.54) is 5.56 Å². The molecule has 3 aromatic rings. The maximum absolute atomic E-state index is 13.0. The molecule has 1 amide bonds. The highest BCUT2D eigenvalue weighted by Crippen LogP contribution is 2.35. The van der Waals surface area contributed by atoms with Crippen LogP contribution in [0.25, 0.3) is 0 Å². The molecule has 3 atom stereocenters. The summed E-state index contributed by atoms with van der Waals surface area (Å²) in [5.74, 6) is -0.442. The minimum Gasteiger partial charge on any atom is -0.482 e. The lowest BCUT2D eigenvalue weighted by atomic mass is 9.92. The SMILES string of the molecule is CCN(CC)C(=O)c1ccc(C(c2cccc(OCC(=O)O)c2)N2C[C@@H](C)N(Cc3ccccc3)C[C@@H]2C)cc1.